The lowest BCUT2D eigenvalue weighted by Crippen LogP contribution is -2.13. The number of rotatable bonds is 12. The second-order valence-electron chi connectivity index (χ2n) is 7.30. The highest BCUT2D eigenvalue weighted by Crippen LogP contribution is 2.26. The summed E-state index contributed by atoms with van der Waals surface area (Å²) < 4.78 is 22.1. The molecule has 0 heterocycles. The number of oxime groups is 1. The summed E-state index contributed by atoms with van der Waals surface area (Å²) in [5, 5.41) is 4.07. The smallest absolute Gasteiger partial charge is 0.330 e. The summed E-state index contributed by atoms with van der Waals surface area (Å²) in [6, 6.07) is 22.8. The molecule has 0 bridgehead atoms. The topological polar surface area (TPSA) is 75.6 Å². The van der Waals surface area contributed by atoms with E-state index in [0.29, 0.717) is 36.2 Å². The number of hydrogen-bond acceptors (Lipinski definition) is 7. The largest absolute Gasteiger partial charge is 0.496 e. The van der Waals surface area contributed by atoms with Crippen LogP contribution in [0.25, 0.3) is 6.08 Å². The van der Waals surface area contributed by atoms with E-state index >= 15 is 0 Å². The maximum atomic E-state index is 11.5. The van der Waals surface area contributed by atoms with Gasteiger partial charge in [-0.2, -0.15) is 0 Å². The Morgan fingerprint density at radius 1 is 0.914 bits per heavy atom. The molecule has 0 aliphatic carbocycles. The van der Waals surface area contributed by atoms with E-state index in [9.17, 15) is 4.79 Å². The Labute approximate surface area is 205 Å². The van der Waals surface area contributed by atoms with Crippen LogP contribution in [-0.4, -0.2) is 39.1 Å². The first-order valence-electron chi connectivity index (χ1n) is 11.2. The zero-order chi connectivity index (χ0) is 24.9. The van der Waals surface area contributed by atoms with Crippen LogP contribution in [0.2, 0.25) is 0 Å². The molecule has 7 heteroatoms. The Bertz CT molecular complexity index is 1140. The molecule has 0 amide bonds. The van der Waals surface area contributed by atoms with Crippen LogP contribution in [0.15, 0.2) is 84.0 Å². The van der Waals surface area contributed by atoms with Crippen LogP contribution in [0.3, 0.4) is 0 Å². The molecule has 0 aromatic heterocycles. The zero-order valence-corrected chi connectivity index (χ0v) is 20.1. The first kappa shape index (κ1) is 25.4. The summed E-state index contributed by atoms with van der Waals surface area (Å²) >= 11 is 0. The van der Waals surface area contributed by atoms with Crippen molar-refractivity contribution >= 4 is 17.8 Å². The highest BCUT2D eigenvalue weighted by Gasteiger charge is 2.07. The van der Waals surface area contributed by atoms with Gasteiger partial charge in [-0.05, 0) is 42.8 Å². The lowest BCUT2D eigenvalue weighted by molar-refractivity contribution is -0.137. The Hall–Kier alpha value is -4.26. The highest BCUT2D eigenvalue weighted by molar-refractivity contribution is 6.01. The van der Waals surface area contributed by atoms with E-state index in [1.54, 1.807) is 26.2 Å². The lowest BCUT2D eigenvalue weighted by atomic mass is 10.1. The number of nitrogens with zero attached hydrogens (tertiary/aromatic N) is 1. The van der Waals surface area contributed by atoms with Crippen molar-refractivity contribution in [1.82, 2.24) is 0 Å². The average molecular weight is 476 g/mol. The number of carbonyl (C=O) groups excluding carboxylic acids is 1. The van der Waals surface area contributed by atoms with Crippen molar-refractivity contribution in [3.05, 3.63) is 95.6 Å². The van der Waals surface area contributed by atoms with E-state index in [1.807, 2.05) is 66.7 Å². The van der Waals surface area contributed by atoms with E-state index in [2.05, 4.69) is 5.16 Å². The average Bonchev–Trinajstić information content (AvgIpc) is 2.90. The van der Waals surface area contributed by atoms with Crippen molar-refractivity contribution in [2.75, 3.05) is 27.4 Å². The van der Waals surface area contributed by atoms with Crippen molar-refractivity contribution in [3.63, 3.8) is 0 Å². The molecule has 0 spiro atoms. The van der Waals surface area contributed by atoms with Gasteiger partial charge in [0.2, 0.25) is 0 Å². The summed E-state index contributed by atoms with van der Waals surface area (Å²) in [5.41, 5.74) is 3.38. The monoisotopic (exact) mass is 475 g/mol. The Morgan fingerprint density at radius 2 is 1.66 bits per heavy atom. The first-order valence-corrected chi connectivity index (χ1v) is 11.2. The summed E-state index contributed by atoms with van der Waals surface area (Å²) in [4.78, 5) is 16.5. The number of esters is 1. The zero-order valence-electron chi connectivity index (χ0n) is 20.1. The summed E-state index contributed by atoms with van der Waals surface area (Å²) in [7, 11) is 3.08. The van der Waals surface area contributed by atoms with Crippen LogP contribution in [0.4, 0.5) is 0 Å². The lowest BCUT2D eigenvalue weighted by Gasteiger charge is -2.11. The fourth-order valence-electron chi connectivity index (χ4n) is 3.17. The van der Waals surface area contributed by atoms with Gasteiger partial charge in [0.25, 0.3) is 0 Å². The third-order valence-electron chi connectivity index (χ3n) is 4.90. The molecular weight excluding hydrogens is 446 g/mol. The van der Waals surface area contributed by atoms with Crippen LogP contribution in [0.5, 0.6) is 17.2 Å². The van der Waals surface area contributed by atoms with E-state index in [0.717, 1.165) is 16.7 Å². The van der Waals surface area contributed by atoms with E-state index in [1.165, 1.54) is 13.2 Å². The molecule has 35 heavy (non-hydrogen) atoms. The summed E-state index contributed by atoms with van der Waals surface area (Å²) in [6.07, 6.45) is 3.02. The molecule has 0 aliphatic rings. The molecule has 0 unspecified atom stereocenters. The predicted molar refractivity (Wildman–Crippen MR) is 135 cm³/mol. The second-order valence-corrected chi connectivity index (χ2v) is 7.30. The number of methoxy groups -OCH3 is 1. The Morgan fingerprint density at radius 3 is 2.34 bits per heavy atom. The summed E-state index contributed by atoms with van der Waals surface area (Å²) in [5.74, 6) is 1.56. The molecule has 0 fully saturated rings. The minimum atomic E-state index is -0.399. The predicted octanol–water partition coefficient (Wildman–Crippen LogP) is 5.28. The van der Waals surface area contributed by atoms with Gasteiger partial charge in [-0.25, -0.2) is 4.79 Å². The van der Waals surface area contributed by atoms with Gasteiger partial charge >= 0.3 is 5.97 Å². The molecule has 0 atom stereocenters. The SMILES string of the molecule is CCOC(=O)C=Cc1ccc(OCc2ccc(OCC(=NOC)c3ccccc3)cc2)cc1OC. The molecule has 3 aromatic carbocycles. The third kappa shape index (κ3) is 7.92. The number of benzene rings is 3. The molecule has 3 aromatic rings. The standard InChI is InChI=1S/C28H29NO6/c1-4-33-28(30)17-13-23-12-16-25(18-27(23)31-2)34-19-21-10-14-24(15-11-21)35-20-26(29-32-3)22-8-6-5-7-9-22/h5-18H,4,19-20H2,1-3H3. The van der Waals surface area contributed by atoms with Gasteiger partial charge < -0.3 is 23.8 Å². The van der Waals surface area contributed by atoms with Crippen LogP contribution in [0, 0.1) is 0 Å². The molecular formula is C28H29NO6. The van der Waals surface area contributed by atoms with Crippen LogP contribution >= 0.6 is 0 Å². The normalized spacial score (nSPS) is 11.2. The maximum Gasteiger partial charge on any atom is 0.330 e. The number of carbonyl (C=O) groups is 1. The maximum absolute atomic E-state index is 11.5. The van der Waals surface area contributed by atoms with Crippen molar-refractivity contribution < 1.29 is 28.6 Å². The molecule has 0 N–H and O–H groups in total. The fourth-order valence-corrected chi connectivity index (χ4v) is 3.17. The van der Waals surface area contributed by atoms with Gasteiger partial charge in [-0.15, -0.1) is 0 Å². The number of hydrogen-bond donors (Lipinski definition) is 0. The van der Waals surface area contributed by atoms with Crippen molar-refractivity contribution in [3.8, 4) is 17.2 Å². The fraction of sp³-hybridized carbons (Fsp3) is 0.214. The molecule has 0 saturated carbocycles. The van der Waals surface area contributed by atoms with E-state index < -0.39 is 5.97 Å². The van der Waals surface area contributed by atoms with Gasteiger partial charge in [-0.3, -0.25) is 0 Å². The third-order valence-corrected chi connectivity index (χ3v) is 4.90. The van der Waals surface area contributed by atoms with E-state index in [-0.39, 0.29) is 6.61 Å². The summed E-state index contributed by atoms with van der Waals surface area (Å²) in [6.45, 7) is 2.75. The Kier molecular flexibility index (Phi) is 9.75. The van der Waals surface area contributed by atoms with Gasteiger partial charge in [-0.1, -0.05) is 47.6 Å². The van der Waals surface area contributed by atoms with Gasteiger partial charge in [0, 0.05) is 23.3 Å². The second kappa shape index (κ2) is 13.4. The minimum absolute atomic E-state index is 0.282. The highest BCUT2D eigenvalue weighted by atomic mass is 16.6. The molecule has 0 aliphatic heterocycles. The molecule has 0 radical (unpaired) electrons. The van der Waals surface area contributed by atoms with Crippen molar-refractivity contribution in [2.45, 2.75) is 13.5 Å². The minimum Gasteiger partial charge on any atom is -0.496 e. The molecule has 0 saturated heterocycles. The van der Waals surface area contributed by atoms with Crippen molar-refractivity contribution in [2.24, 2.45) is 5.16 Å². The van der Waals surface area contributed by atoms with Crippen LogP contribution < -0.4 is 14.2 Å². The Balaban J connectivity index is 1.56. The van der Waals surface area contributed by atoms with Gasteiger partial charge in [0.1, 0.15) is 43.3 Å². The van der Waals surface area contributed by atoms with Gasteiger partial charge in [0.05, 0.1) is 13.7 Å². The molecule has 3 rings (SSSR count). The van der Waals surface area contributed by atoms with Crippen LogP contribution in [-0.2, 0) is 21.0 Å². The van der Waals surface area contributed by atoms with Crippen molar-refractivity contribution in [1.29, 1.82) is 0 Å². The van der Waals surface area contributed by atoms with E-state index in [4.69, 9.17) is 23.8 Å². The molecule has 182 valence electrons. The first-order chi connectivity index (χ1) is 17.1. The quantitative estimate of drug-likeness (QED) is 0.154. The van der Waals surface area contributed by atoms with Crippen LogP contribution in [0.1, 0.15) is 23.6 Å². The van der Waals surface area contributed by atoms with Gasteiger partial charge in [0.15, 0.2) is 0 Å². The number of ether oxygens (including phenoxy) is 4. The molecule has 7 nitrogen and oxygen atoms in total.